The molecular formula is C26H30N4O3. The smallest absolute Gasteiger partial charge is 0.314 e. The van der Waals surface area contributed by atoms with Crippen molar-refractivity contribution in [2.24, 2.45) is 13.0 Å². The number of nitrogens with zero attached hydrogens (tertiary/aromatic N) is 2. The number of carbonyl (C=O) groups excluding carboxylic acids is 2. The van der Waals surface area contributed by atoms with E-state index in [4.69, 9.17) is 4.74 Å². The maximum atomic E-state index is 12.6. The minimum Gasteiger partial charge on any atom is -0.374 e. The van der Waals surface area contributed by atoms with Crippen molar-refractivity contribution in [1.82, 2.24) is 9.78 Å². The van der Waals surface area contributed by atoms with Gasteiger partial charge in [-0.25, -0.2) is 0 Å². The lowest BCUT2D eigenvalue weighted by molar-refractivity contribution is -0.132. The summed E-state index contributed by atoms with van der Waals surface area (Å²) in [5.74, 6) is -0.787. The molecule has 4 rings (SSSR count). The number of hydrogen-bond donors (Lipinski definition) is 2. The van der Waals surface area contributed by atoms with Crippen molar-refractivity contribution < 1.29 is 14.3 Å². The van der Waals surface area contributed by atoms with Crippen LogP contribution >= 0.6 is 0 Å². The SMILES string of the molecule is CC1CCCC(OCc2cccc(NC(=O)C(=O)Nc3cn(C)nc3-c3ccccc3)c2)C1. The molecule has 0 bridgehead atoms. The van der Waals surface area contributed by atoms with Gasteiger partial charge in [0.1, 0.15) is 5.69 Å². The van der Waals surface area contributed by atoms with Crippen LogP contribution in [0.2, 0.25) is 0 Å². The molecule has 0 radical (unpaired) electrons. The number of rotatable bonds is 6. The number of aromatic nitrogens is 2. The Kier molecular flexibility index (Phi) is 7.19. The van der Waals surface area contributed by atoms with E-state index in [-0.39, 0.29) is 6.10 Å². The molecule has 1 aliphatic rings. The summed E-state index contributed by atoms with van der Waals surface area (Å²) < 4.78 is 7.69. The van der Waals surface area contributed by atoms with Crippen LogP contribution in [-0.2, 0) is 28.0 Å². The Bertz CT molecular complexity index is 1110. The number of anilines is 2. The van der Waals surface area contributed by atoms with Gasteiger partial charge in [0.15, 0.2) is 0 Å². The van der Waals surface area contributed by atoms with Crippen LogP contribution in [-0.4, -0.2) is 27.7 Å². The number of hydrogen-bond acceptors (Lipinski definition) is 4. The highest BCUT2D eigenvalue weighted by molar-refractivity contribution is 6.43. The van der Waals surface area contributed by atoms with Gasteiger partial charge in [0.2, 0.25) is 0 Å². The molecule has 1 fully saturated rings. The zero-order valence-corrected chi connectivity index (χ0v) is 19.1. The van der Waals surface area contributed by atoms with E-state index in [1.165, 1.54) is 12.8 Å². The zero-order chi connectivity index (χ0) is 23.2. The van der Waals surface area contributed by atoms with Gasteiger partial charge >= 0.3 is 11.8 Å². The van der Waals surface area contributed by atoms with Crippen LogP contribution in [0.4, 0.5) is 11.4 Å². The van der Waals surface area contributed by atoms with Gasteiger partial charge in [0.05, 0.1) is 18.4 Å². The Labute approximate surface area is 194 Å². The molecule has 2 unspecified atom stereocenters. The molecule has 172 valence electrons. The highest BCUT2D eigenvalue weighted by Crippen LogP contribution is 2.27. The van der Waals surface area contributed by atoms with Crippen LogP contribution in [0, 0.1) is 5.92 Å². The average Bonchev–Trinajstić information content (AvgIpc) is 3.18. The molecule has 2 aromatic carbocycles. The summed E-state index contributed by atoms with van der Waals surface area (Å²) in [6, 6.07) is 16.9. The van der Waals surface area contributed by atoms with Crippen LogP contribution < -0.4 is 10.6 Å². The van der Waals surface area contributed by atoms with Crippen molar-refractivity contribution >= 4 is 23.2 Å². The fourth-order valence-corrected chi connectivity index (χ4v) is 4.24. The van der Waals surface area contributed by atoms with Crippen molar-refractivity contribution in [3.8, 4) is 11.3 Å². The summed E-state index contributed by atoms with van der Waals surface area (Å²) in [4.78, 5) is 25.1. The van der Waals surface area contributed by atoms with E-state index < -0.39 is 11.8 Å². The molecule has 2 atom stereocenters. The fourth-order valence-electron chi connectivity index (χ4n) is 4.24. The first-order chi connectivity index (χ1) is 16.0. The van der Waals surface area contributed by atoms with E-state index in [9.17, 15) is 9.59 Å². The molecule has 1 aromatic heterocycles. The van der Waals surface area contributed by atoms with E-state index >= 15 is 0 Å². The Morgan fingerprint density at radius 3 is 2.64 bits per heavy atom. The van der Waals surface area contributed by atoms with Crippen molar-refractivity contribution in [2.75, 3.05) is 10.6 Å². The lowest BCUT2D eigenvalue weighted by Crippen LogP contribution is -2.29. The molecule has 1 saturated carbocycles. The number of ether oxygens (including phenoxy) is 1. The molecule has 1 heterocycles. The number of amides is 2. The summed E-state index contributed by atoms with van der Waals surface area (Å²) in [6.07, 6.45) is 6.64. The Morgan fingerprint density at radius 1 is 1.06 bits per heavy atom. The standard InChI is InChI=1S/C26H30N4O3/c1-18-8-6-13-22(14-18)33-17-19-9-7-12-21(15-19)27-25(31)26(32)28-23-16-30(2)29-24(23)20-10-4-3-5-11-20/h3-5,7,9-12,15-16,18,22H,6,8,13-14,17H2,1-2H3,(H,27,31)(H,28,32). The largest absolute Gasteiger partial charge is 0.374 e. The molecule has 0 aliphatic heterocycles. The van der Waals surface area contributed by atoms with Gasteiger partial charge < -0.3 is 15.4 Å². The van der Waals surface area contributed by atoms with E-state index in [0.717, 1.165) is 24.0 Å². The van der Waals surface area contributed by atoms with Crippen LogP contribution in [0.15, 0.2) is 60.8 Å². The fraction of sp³-hybridized carbons (Fsp3) is 0.346. The van der Waals surface area contributed by atoms with Gasteiger partial charge in [-0.15, -0.1) is 0 Å². The number of nitrogens with one attached hydrogen (secondary N) is 2. The van der Waals surface area contributed by atoms with Crippen LogP contribution in [0.25, 0.3) is 11.3 Å². The second-order valence-corrected chi connectivity index (χ2v) is 8.74. The monoisotopic (exact) mass is 446 g/mol. The number of benzene rings is 2. The second kappa shape index (κ2) is 10.4. The summed E-state index contributed by atoms with van der Waals surface area (Å²) in [5, 5.41) is 9.77. The summed E-state index contributed by atoms with van der Waals surface area (Å²) in [5.41, 5.74) is 3.46. The van der Waals surface area contributed by atoms with Crippen molar-refractivity contribution in [3.63, 3.8) is 0 Å². The van der Waals surface area contributed by atoms with Crippen LogP contribution in [0.3, 0.4) is 0 Å². The third kappa shape index (κ3) is 6.08. The Hall–Kier alpha value is -3.45. The lowest BCUT2D eigenvalue weighted by Gasteiger charge is -2.26. The quantitative estimate of drug-likeness (QED) is 0.535. The highest BCUT2D eigenvalue weighted by atomic mass is 16.5. The first-order valence-electron chi connectivity index (χ1n) is 11.4. The zero-order valence-electron chi connectivity index (χ0n) is 19.1. The van der Waals surface area contributed by atoms with Gasteiger partial charge in [-0.2, -0.15) is 5.10 Å². The molecule has 0 saturated heterocycles. The topological polar surface area (TPSA) is 85.2 Å². The van der Waals surface area contributed by atoms with E-state index in [0.29, 0.717) is 29.6 Å². The summed E-state index contributed by atoms with van der Waals surface area (Å²) >= 11 is 0. The van der Waals surface area contributed by atoms with Crippen molar-refractivity contribution in [3.05, 3.63) is 66.4 Å². The highest BCUT2D eigenvalue weighted by Gasteiger charge is 2.20. The van der Waals surface area contributed by atoms with Crippen LogP contribution in [0.1, 0.15) is 38.2 Å². The second-order valence-electron chi connectivity index (χ2n) is 8.74. The van der Waals surface area contributed by atoms with E-state index in [2.05, 4.69) is 22.7 Å². The minimum absolute atomic E-state index is 0.288. The molecule has 2 amide bonds. The maximum absolute atomic E-state index is 12.6. The molecular weight excluding hydrogens is 416 g/mol. The molecule has 0 spiro atoms. The Balaban J connectivity index is 1.36. The van der Waals surface area contributed by atoms with Gasteiger partial charge in [-0.1, -0.05) is 62.2 Å². The predicted molar refractivity (Wildman–Crippen MR) is 129 cm³/mol. The summed E-state index contributed by atoms with van der Waals surface area (Å²) in [7, 11) is 1.77. The van der Waals surface area contributed by atoms with Gasteiger partial charge in [-0.05, 0) is 36.5 Å². The van der Waals surface area contributed by atoms with E-state index in [1.807, 2.05) is 48.5 Å². The number of carbonyl (C=O) groups is 2. The van der Waals surface area contributed by atoms with E-state index in [1.54, 1.807) is 24.0 Å². The maximum Gasteiger partial charge on any atom is 0.314 e. The molecule has 3 aromatic rings. The minimum atomic E-state index is -0.752. The Morgan fingerprint density at radius 2 is 1.85 bits per heavy atom. The van der Waals surface area contributed by atoms with Gasteiger partial charge in [0, 0.05) is 24.5 Å². The lowest BCUT2D eigenvalue weighted by atomic mass is 9.89. The number of aryl methyl sites for hydroxylation is 1. The van der Waals surface area contributed by atoms with Crippen molar-refractivity contribution in [1.29, 1.82) is 0 Å². The predicted octanol–water partition coefficient (Wildman–Crippen LogP) is 4.76. The molecule has 7 nitrogen and oxygen atoms in total. The summed E-state index contributed by atoms with van der Waals surface area (Å²) in [6.45, 7) is 2.76. The molecule has 1 aliphatic carbocycles. The van der Waals surface area contributed by atoms with Crippen LogP contribution in [0.5, 0.6) is 0 Å². The first kappa shape index (κ1) is 22.7. The molecule has 7 heteroatoms. The van der Waals surface area contributed by atoms with Crippen molar-refractivity contribution in [2.45, 2.75) is 45.3 Å². The normalized spacial score (nSPS) is 18.0. The molecule has 2 N–H and O–H groups in total. The third-order valence-corrected chi connectivity index (χ3v) is 5.89. The molecule has 33 heavy (non-hydrogen) atoms. The van der Waals surface area contributed by atoms with Gasteiger partial charge in [0.25, 0.3) is 0 Å². The first-order valence-corrected chi connectivity index (χ1v) is 11.4. The third-order valence-electron chi connectivity index (χ3n) is 5.89. The average molecular weight is 447 g/mol. The van der Waals surface area contributed by atoms with Gasteiger partial charge in [-0.3, -0.25) is 14.3 Å².